The van der Waals surface area contributed by atoms with Gasteiger partial charge < -0.3 is 9.84 Å². The minimum Gasteiger partial charge on any atom is -0.460 e. The van der Waals surface area contributed by atoms with Crippen molar-refractivity contribution in [1.29, 1.82) is 0 Å². The quantitative estimate of drug-likeness (QED) is 0.764. The minimum atomic E-state index is -0.513. The number of thioether (sulfide) groups is 1. The van der Waals surface area contributed by atoms with Crippen LogP contribution in [0.25, 0.3) is 11.1 Å². The van der Waals surface area contributed by atoms with Gasteiger partial charge in [0.1, 0.15) is 5.60 Å². The van der Waals surface area contributed by atoms with Crippen LogP contribution in [0.1, 0.15) is 33.6 Å². The van der Waals surface area contributed by atoms with Crippen LogP contribution in [0.5, 0.6) is 0 Å². The summed E-state index contributed by atoms with van der Waals surface area (Å²) in [5, 5.41) is 9.84. The van der Waals surface area contributed by atoms with E-state index in [4.69, 9.17) is 4.74 Å². The van der Waals surface area contributed by atoms with Gasteiger partial charge >= 0.3 is 5.97 Å². The molecule has 0 aliphatic heterocycles. The van der Waals surface area contributed by atoms with Gasteiger partial charge in [0.2, 0.25) is 0 Å². The summed E-state index contributed by atoms with van der Waals surface area (Å²) in [6.45, 7) is 5.68. The van der Waals surface area contributed by atoms with Crippen LogP contribution in [0.4, 0.5) is 0 Å². The van der Waals surface area contributed by atoms with Gasteiger partial charge in [-0.1, -0.05) is 12.1 Å². The van der Waals surface area contributed by atoms with Crippen molar-refractivity contribution in [3.8, 4) is 11.1 Å². The second-order valence-electron chi connectivity index (χ2n) is 8.00. The van der Waals surface area contributed by atoms with Crippen LogP contribution in [-0.4, -0.2) is 33.5 Å². The molecule has 1 N–H and O–H groups in total. The molecular weight excluding hydrogens is 358 g/mol. The highest BCUT2D eigenvalue weighted by Gasteiger charge is 2.43. The Morgan fingerprint density at radius 1 is 1.11 bits per heavy atom. The molecule has 1 aliphatic carbocycles. The molecule has 3 atom stereocenters. The second-order valence-corrected chi connectivity index (χ2v) is 9.31. The Kier molecular flexibility index (Phi) is 6.22. The van der Waals surface area contributed by atoms with Gasteiger partial charge in [0.15, 0.2) is 0 Å². The van der Waals surface area contributed by atoms with Crippen molar-refractivity contribution in [2.75, 3.05) is 6.61 Å². The third-order valence-corrected chi connectivity index (χ3v) is 6.18. The Morgan fingerprint density at radius 3 is 2.33 bits per heavy atom. The summed E-state index contributed by atoms with van der Waals surface area (Å²) in [6, 6.07) is 12.4. The van der Waals surface area contributed by atoms with E-state index in [2.05, 4.69) is 29.2 Å². The molecule has 0 unspecified atom stereocenters. The van der Waals surface area contributed by atoms with Gasteiger partial charge in [-0.2, -0.15) is 0 Å². The molecular formula is C22H27NO3S. The first-order valence-electron chi connectivity index (χ1n) is 9.38. The fraction of sp³-hybridized carbons (Fsp3) is 0.455. The van der Waals surface area contributed by atoms with E-state index < -0.39 is 5.60 Å². The molecule has 0 saturated heterocycles. The Hall–Kier alpha value is -1.85. The SMILES string of the molecule is CC(C)(C)OC(=O)[C@H]1[C@H](CO)CC[C@@H]1Sc1ccc(-c2ccncc2)cc1. The molecule has 5 heteroatoms. The van der Waals surface area contributed by atoms with E-state index >= 15 is 0 Å². The molecule has 0 bridgehead atoms. The zero-order valence-electron chi connectivity index (χ0n) is 16.1. The van der Waals surface area contributed by atoms with Crippen molar-refractivity contribution < 1.29 is 14.6 Å². The number of rotatable bonds is 5. The highest BCUT2D eigenvalue weighted by molar-refractivity contribution is 8.00. The lowest BCUT2D eigenvalue weighted by atomic mass is 9.96. The number of hydrogen-bond acceptors (Lipinski definition) is 5. The minimum absolute atomic E-state index is 0.0200. The Balaban J connectivity index is 1.72. The molecule has 0 radical (unpaired) electrons. The van der Waals surface area contributed by atoms with E-state index in [1.165, 1.54) is 0 Å². The van der Waals surface area contributed by atoms with E-state index in [0.717, 1.165) is 28.9 Å². The van der Waals surface area contributed by atoms with Crippen molar-refractivity contribution in [3.63, 3.8) is 0 Å². The lowest BCUT2D eigenvalue weighted by molar-refractivity contribution is -0.161. The van der Waals surface area contributed by atoms with E-state index in [9.17, 15) is 9.90 Å². The number of carbonyl (C=O) groups excluding carboxylic acids is 1. The number of hydrogen-bond donors (Lipinski definition) is 1. The van der Waals surface area contributed by atoms with Crippen LogP contribution in [-0.2, 0) is 9.53 Å². The number of pyridine rings is 1. The first kappa shape index (κ1) is 19.9. The largest absolute Gasteiger partial charge is 0.460 e. The zero-order valence-corrected chi connectivity index (χ0v) is 16.9. The Labute approximate surface area is 165 Å². The number of nitrogens with zero attached hydrogens (tertiary/aromatic N) is 1. The summed E-state index contributed by atoms with van der Waals surface area (Å²) in [4.78, 5) is 17.9. The van der Waals surface area contributed by atoms with Gasteiger partial charge in [0.25, 0.3) is 0 Å². The average Bonchev–Trinajstić information content (AvgIpc) is 3.04. The molecule has 1 saturated carbocycles. The summed E-state index contributed by atoms with van der Waals surface area (Å²) in [5.74, 6) is -0.475. The van der Waals surface area contributed by atoms with Crippen molar-refractivity contribution in [2.24, 2.45) is 11.8 Å². The van der Waals surface area contributed by atoms with Crippen LogP contribution in [0.15, 0.2) is 53.7 Å². The highest BCUT2D eigenvalue weighted by atomic mass is 32.2. The summed E-state index contributed by atoms with van der Waals surface area (Å²) < 4.78 is 5.63. The van der Waals surface area contributed by atoms with Gasteiger partial charge in [0, 0.05) is 29.1 Å². The average molecular weight is 386 g/mol. The molecule has 4 nitrogen and oxygen atoms in total. The van der Waals surface area contributed by atoms with Crippen molar-refractivity contribution in [2.45, 2.75) is 49.4 Å². The number of aliphatic hydroxyl groups is 1. The fourth-order valence-electron chi connectivity index (χ4n) is 3.54. The lowest BCUT2D eigenvalue weighted by Gasteiger charge is -2.27. The molecule has 1 aliphatic rings. The molecule has 3 rings (SSSR count). The van der Waals surface area contributed by atoms with Crippen molar-refractivity contribution in [3.05, 3.63) is 48.8 Å². The van der Waals surface area contributed by atoms with Gasteiger partial charge in [-0.3, -0.25) is 9.78 Å². The van der Waals surface area contributed by atoms with E-state index in [1.54, 1.807) is 24.2 Å². The fourth-order valence-corrected chi connectivity index (χ4v) is 4.91. The molecule has 144 valence electrons. The van der Waals surface area contributed by atoms with Gasteiger partial charge in [0.05, 0.1) is 5.92 Å². The first-order chi connectivity index (χ1) is 12.9. The first-order valence-corrected chi connectivity index (χ1v) is 10.3. The van der Waals surface area contributed by atoms with Crippen molar-refractivity contribution in [1.82, 2.24) is 4.98 Å². The smallest absolute Gasteiger partial charge is 0.310 e. The lowest BCUT2D eigenvalue weighted by Crippen LogP contribution is -2.35. The molecule has 0 spiro atoms. The van der Waals surface area contributed by atoms with Gasteiger partial charge in [-0.15, -0.1) is 11.8 Å². The molecule has 1 aromatic heterocycles. The number of esters is 1. The third kappa shape index (κ3) is 5.11. The number of benzene rings is 1. The Morgan fingerprint density at radius 2 is 1.74 bits per heavy atom. The molecule has 1 fully saturated rings. The molecule has 0 amide bonds. The van der Waals surface area contributed by atoms with Crippen LogP contribution < -0.4 is 0 Å². The normalized spacial score (nSPS) is 22.6. The topological polar surface area (TPSA) is 59.4 Å². The standard InChI is InChI=1S/C22H27NO3S/c1-22(2,3)26-21(25)20-17(14-24)6-9-19(20)27-18-7-4-15(5-8-18)16-10-12-23-13-11-16/h4-5,7-8,10-13,17,19-20,24H,6,9,14H2,1-3H3/t17-,19-,20-/m0/s1. The second kappa shape index (κ2) is 8.44. The third-order valence-electron chi connectivity index (χ3n) is 4.80. The van der Waals surface area contributed by atoms with Gasteiger partial charge in [-0.05, 0) is 74.9 Å². The number of aromatic nitrogens is 1. The van der Waals surface area contributed by atoms with Crippen LogP contribution in [0.3, 0.4) is 0 Å². The maximum absolute atomic E-state index is 12.7. The summed E-state index contributed by atoms with van der Waals surface area (Å²) in [5.41, 5.74) is 1.76. The maximum atomic E-state index is 12.7. The predicted molar refractivity (Wildman–Crippen MR) is 108 cm³/mol. The number of aliphatic hydroxyl groups excluding tert-OH is 1. The number of ether oxygens (including phenoxy) is 1. The maximum Gasteiger partial charge on any atom is 0.310 e. The number of carbonyl (C=O) groups is 1. The van der Waals surface area contributed by atoms with Crippen LogP contribution in [0, 0.1) is 11.8 Å². The van der Waals surface area contributed by atoms with Crippen LogP contribution >= 0.6 is 11.8 Å². The van der Waals surface area contributed by atoms with Gasteiger partial charge in [-0.25, -0.2) is 0 Å². The Bertz CT molecular complexity index is 755. The molecule has 1 heterocycles. The summed E-state index contributed by atoms with van der Waals surface area (Å²) in [6.07, 6.45) is 5.34. The van der Waals surface area contributed by atoms with E-state index in [0.29, 0.717) is 0 Å². The summed E-state index contributed by atoms with van der Waals surface area (Å²) in [7, 11) is 0. The van der Waals surface area contributed by atoms with E-state index in [1.807, 2.05) is 32.9 Å². The summed E-state index contributed by atoms with van der Waals surface area (Å²) >= 11 is 1.71. The predicted octanol–water partition coefficient (Wildman–Crippen LogP) is 4.57. The van der Waals surface area contributed by atoms with Crippen molar-refractivity contribution >= 4 is 17.7 Å². The molecule has 27 heavy (non-hydrogen) atoms. The molecule has 1 aromatic carbocycles. The van der Waals surface area contributed by atoms with Crippen LogP contribution in [0.2, 0.25) is 0 Å². The molecule has 2 aromatic rings. The zero-order chi connectivity index (χ0) is 19.4. The van der Waals surface area contributed by atoms with E-state index in [-0.39, 0.29) is 29.7 Å². The monoisotopic (exact) mass is 385 g/mol. The highest BCUT2D eigenvalue weighted by Crippen LogP contribution is 2.43.